The van der Waals surface area contributed by atoms with Crippen molar-refractivity contribution < 1.29 is 9.21 Å². The minimum absolute atomic E-state index is 0.168. The number of nitrogens with one attached hydrogen (secondary N) is 1. The second-order valence-corrected chi connectivity index (χ2v) is 8.71. The third-order valence-corrected chi connectivity index (χ3v) is 6.19. The summed E-state index contributed by atoms with van der Waals surface area (Å²) < 4.78 is 7.71. The lowest BCUT2D eigenvalue weighted by Gasteiger charge is -2.37. The van der Waals surface area contributed by atoms with Gasteiger partial charge in [0.15, 0.2) is 5.76 Å². The average Bonchev–Trinajstić information content (AvgIpc) is 3.36. The minimum Gasteiger partial charge on any atom is -0.454 e. The van der Waals surface area contributed by atoms with Crippen LogP contribution >= 0.6 is 0 Å². The summed E-state index contributed by atoms with van der Waals surface area (Å²) in [6.45, 7) is 9.50. The molecule has 1 aliphatic rings. The summed E-state index contributed by atoms with van der Waals surface area (Å²) >= 11 is 0. The number of carbonyl (C=O) groups excluding carboxylic acids is 1. The van der Waals surface area contributed by atoms with Crippen molar-refractivity contribution in [3.8, 4) is 0 Å². The maximum atomic E-state index is 12.8. The number of hydrogen-bond acceptors (Lipinski definition) is 4. The monoisotopic (exact) mass is 420 g/mol. The Labute approximate surface area is 184 Å². The average molecular weight is 421 g/mol. The summed E-state index contributed by atoms with van der Waals surface area (Å²) in [6.07, 6.45) is 2.40. The Kier molecular flexibility index (Phi) is 6.56. The molecule has 0 unspecified atom stereocenters. The number of rotatable bonds is 7. The van der Waals surface area contributed by atoms with Crippen molar-refractivity contribution in [2.45, 2.75) is 46.2 Å². The van der Waals surface area contributed by atoms with Gasteiger partial charge in [0.05, 0.1) is 18.3 Å². The summed E-state index contributed by atoms with van der Waals surface area (Å²) in [4.78, 5) is 15.3. The normalized spacial score (nSPS) is 16.4. The van der Waals surface area contributed by atoms with Crippen molar-refractivity contribution in [1.29, 1.82) is 0 Å². The van der Waals surface area contributed by atoms with Gasteiger partial charge in [0, 0.05) is 12.2 Å². The second kappa shape index (κ2) is 9.52. The van der Waals surface area contributed by atoms with Crippen LogP contribution in [0.4, 0.5) is 0 Å². The van der Waals surface area contributed by atoms with Crippen LogP contribution in [-0.4, -0.2) is 40.2 Å². The van der Waals surface area contributed by atoms with Gasteiger partial charge in [-0.1, -0.05) is 37.3 Å². The molecule has 4 rings (SSSR count). The van der Waals surface area contributed by atoms with Crippen molar-refractivity contribution in [3.63, 3.8) is 0 Å². The molecule has 0 saturated carbocycles. The lowest BCUT2D eigenvalue weighted by atomic mass is 9.95. The van der Waals surface area contributed by atoms with Crippen LogP contribution in [0.1, 0.15) is 59.1 Å². The van der Waals surface area contributed by atoms with Gasteiger partial charge >= 0.3 is 0 Å². The van der Waals surface area contributed by atoms with Gasteiger partial charge in [-0.25, -0.2) is 0 Å². The fourth-order valence-electron chi connectivity index (χ4n) is 4.32. The minimum atomic E-state index is -0.175. The predicted molar refractivity (Wildman–Crippen MR) is 121 cm³/mol. The van der Waals surface area contributed by atoms with E-state index in [2.05, 4.69) is 46.5 Å². The molecule has 0 bridgehead atoms. The fourth-order valence-corrected chi connectivity index (χ4v) is 4.32. The summed E-state index contributed by atoms with van der Waals surface area (Å²) in [5.41, 5.74) is 3.28. The quantitative estimate of drug-likeness (QED) is 0.617. The van der Waals surface area contributed by atoms with Crippen LogP contribution in [0.3, 0.4) is 0 Å². The van der Waals surface area contributed by atoms with Gasteiger partial charge in [-0.2, -0.15) is 5.10 Å². The maximum Gasteiger partial charge on any atom is 0.287 e. The Bertz CT molecular complexity index is 1000. The third kappa shape index (κ3) is 5.25. The van der Waals surface area contributed by atoms with Gasteiger partial charge in [-0.3, -0.25) is 14.4 Å². The van der Waals surface area contributed by atoms with Crippen LogP contribution in [0.15, 0.2) is 52.9 Å². The lowest BCUT2D eigenvalue weighted by Crippen LogP contribution is -2.41. The molecular weight excluding hydrogens is 388 g/mol. The SMILES string of the molecule is Cc1cc(C)n(Cc2ccc(C(=O)NC[C@H](c3ccccc3)N3CCC(C)CC3)o2)n1. The van der Waals surface area contributed by atoms with Crippen LogP contribution in [0.5, 0.6) is 0 Å². The lowest BCUT2D eigenvalue weighted by molar-refractivity contribution is 0.0884. The van der Waals surface area contributed by atoms with Gasteiger partial charge in [0.25, 0.3) is 5.91 Å². The number of amides is 1. The highest BCUT2D eigenvalue weighted by atomic mass is 16.4. The summed E-state index contributed by atoms with van der Waals surface area (Å²) in [6, 6.07) is 16.3. The standard InChI is InChI=1S/C25H32N4O2/c1-18-11-13-28(14-12-18)23(21-7-5-4-6-8-21)16-26-25(30)24-10-9-22(31-24)17-29-20(3)15-19(2)27-29/h4-10,15,18,23H,11-14,16-17H2,1-3H3,(H,26,30)/t23-/m1/s1. The molecule has 31 heavy (non-hydrogen) atoms. The number of carbonyl (C=O) groups is 1. The highest BCUT2D eigenvalue weighted by molar-refractivity contribution is 5.91. The Hall–Kier alpha value is -2.86. The number of likely N-dealkylation sites (tertiary alicyclic amines) is 1. The Morgan fingerprint density at radius 3 is 2.58 bits per heavy atom. The zero-order valence-electron chi connectivity index (χ0n) is 18.7. The van der Waals surface area contributed by atoms with E-state index in [1.807, 2.05) is 36.7 Å². The molecule has 2 aromatic heterocycles. The van der Waals surface area contributed by atoms with Crippen molar-refractivity contribution in [1.82, 2.24) is 20.0 Å². The Morgan fingerprint density at radius 1 is 1.16 bits per heavy atom. The van der Waals surface area contributed by atoms with E-state index < -0.39 is 0 Å². The molecule has 1 aromatic carbocycles. The first-order valence-electron chi connectivity index (χ1n) is 11.2. The molecule has 164 valence electrons. The van der Waals surface area contributed by atoms with E-state index in [4.69, 9.17) is 4.42 Å². The number of benzene rings is 1. The number of furan rings is 1. The smallest absolute Gasteiger partial charge is 0.287 e. The molecule has 0 aliphatic carbocycles. The largest absolute Gasteiger partial charge is 0.454 e. The van der Waals surface area contributed by atoms with E-state index in [1.165, 1.54) is 18.4 Å². The molecule has 0 radical (unpaired) electrons. The van der Waals surface area contributed by atoms with Crippen LogP contribution < -0.4 is 5.32 Å². The number of nitrogens with zero attached hydrogens (tertiary/aromatic N) is 3. The molecule has 0 spiro atoms. The number of piperidine rings is 1. The third-order valence-electron chi connectivity index (χ3n) is 6.19. The van der Waals surface area contributed by atoms with E-state index >= 15 is 0 Å². The zero-order valence-corrected chi connectivity index (χ0v) is 18.7. The molecule has 6 heteroatoms. The zero-order chi connectivity index (χ0) is 21.8. The molecule has 1 saturated heterocycles. The molecule has 1 fully saturated rings. The molecule has 3 aromatic rings. The van der Waals surface area contributed by atoms with Gasteiger partial charge in [0.1, 0.15) is 5.76 Å². The van der Waals surface area contributed by atoms with E-state index in [0.29, 0.717) is 18.8 Å². The maximum absolute atomic E-state index is 12.8. The van der Waals surface area contributed by atoms with E-state index in [0.717, 1.165) is 36.2 Å². The molecule has 1 N–H and O–H groups in total. The van der Waals surface area contributed by atoms with Gasteiger partial charge in [-0.15, -0.1) is 0 Å². The van der Waals surface area contributed by atoms with Crippen LogP contribution in [0.2, 0.25) is 0 Å². The summed E-state index contributed by atoms with van der Waals surface area (Å²) in [7, 11) is 0. The first kappa shape index (κ1) is 21.4. The van der Waals surface area contributed by atoms with Crippen LogP contribution in [-0.2, 0) is 6.54 Å². The first-order valence-corrected chi connectivity index (χ1v) is 11.2. The van der Waals surface area contributed by atoms with Crippen LogP contribution in [0.25, 0.3) is 0 Å². The van der Waals surface area contributed by atoms with Crippen molar-refractivity contribution in [3.05, 3.63) is 77.0 Å². The van der Waals surface area contributed by atoms with E-state index in [9.17, 15) is 4.79 Å². The predicted octanol–water partition coefficient (Wildman–Crippen LogP) is 4.34. The van der Waals surface area contributed by atoms with Gasteiger partial charge < -0.3 is 9.73 Å². The number of hydrogen-bond donors (Lipinski definition) is 1. The highest BCUT2D eigenvalue weighted by Gasteiger charge is 2.25. The van der Waals surface area contributed by atoms with Gasteiger partial charge in [-0.05, 0) is 69.5 Å². The molecule has 1 atom stereocenters. The molecule has 3 heterocycles. The van der Waals surface area contributed by atoms with Crippen molar-refractivity contribution in [2.24, 2.45) is 5.92 Å². The Balaban J connectivity index is 1.41. The van der Waals surface area contributed by atoms with Crippen molar-refractivity contribution >= 4 is 5.91 Å². The fraction of sp³-hybridized carbons (Fsp3) is 0.440. The topological polar surface area (TPSA) is 63.3 Å². The first-order chi connectivity index (χ1) is 15.0. The highest BCUT2D eigenvalue weighted by Crippen LogP contribution is 2.26. The van der Waals surface area contributed by atoms with Gasteiger partial charge in [0.2, 0.25) is 0 Å². The number of aromatic nitrogens is 2. The number of aryl methyl sites for hydroxylation is 2. The van der Waals surface area contributed by atoms with Crippen LogP contribution in [0, 0.1) is 19.8 Å². The molecular formula is C25H32N4O2. The summed E-state index contributed by atoms with van der Waals surface area (Å²) in [5, 5.41) is 7.56. The second-order valence-electron chi connectivity index (χ2n) is 8.71. The van der Waals surface area contributed by atoms with Crippen molar-refractivity contribution in [2.75, 3.05) is 19.6 Å². The molecule has 6 nitrogen and oxygen atoms in total. The summed E-state index contributed by atoms with van der Waals surface area (Å²) in [5.74, 6) is 1.66. The molecule has 1 amide bonds. The molecule has 1 aliphatic heterocycles. The van der Waals surface area contributed by atoms with E-state index in [-0.39, 0.29) is 11.9 Å². The Morgan fingerprint density at radius 2 is 1.90 bits per heavy atom. The van der Waals surface area contributed by atoms with E-state index in [1.54, 1.807) is 6.07 Å².